The van der Waals surface area contributed by atoms with Crippen molar-refractivity contribution >= 4 is 15.4 Å². The molecule has 0 bridgehead atoms. The third kappa shape index (κ3) is 13.0. The Morgan fingerprint density at radius 3 is 1.90 bits per heavy atom. The lowest BCUT2D eigenvalue weighted by Gasteiger charge is -2.12. The Morgan fingerprint density at radius 1 is 0.967 bits per heavy atom. The lowest BCUT2D eigenvalue weighted by atomic mass is 10.0. The first-order chi connectivity index (χ1) is 13.7. The Hall–Kier alpha value is -0.520. The number of ether oxygens (including phenoxy) is 1. The van der Waals surface area contributed by atoms with Gasteiger partial charge in [-0.2, -0.15) is 0 Å². The topological polar surface area (TPSA) is 106 Å². The molecular formula is C21H38O7P2. The Labute approximate surface area is 181 Å². The van der Waals surface area contributed by atoms with Crippen LogP contribution in [0, 0.1) is 0 Å². The predicted molar refractivity (Wildman–Crippen MR) is 121 cm³/mol. The summed E-state index contributed by atoms with van der Waals surface area (Å²) in [6, 6.07) is 0. The van der Waals surface area contributed by atoms with Crippen molar-refractivity contribution in [1.29, 1.82) is 0 Å². The second kappa shape index (κ2) is 11.9. The fourth-order valence-corrected chi connectivity index (χ4v) is 4.97. The minimum Gasteiger partial charge on any atom is -0.367 e. The molecule has 3 atom stereocenters. The van der Waals surface area contributed by atoms with Crippen LogP contribution < -0.4 is 0 Å². The molecule has 0 amide bonds. The molecule has 1 saturated heterocycles. The second-order valence-electron chi connectivity index (χ2n) is 8.63. The summed E-state index contributed by atoms with van der Waals surface area (Å²) in [5.41, 5.74) is 3.83. The first kappa shape index (κ1) is 27.5. The van der Waals surface area contributed by atoms with Gasteiger partial charge in [-0.05, 0) is 73.1 Å². The van der Waals surface area contributed by atoms with Gasteiger partial charge in [-0.25, -0.2) is 8.88 Å². The van der Waals surface area contributed by atoms with Crippen LogP contribution >= 0.6 is 15.4 Å². The maximum Gasteiger partial charge on any atom is 0.479 e. The average molecular weight is 464 g/mol. The van der Waals surface area contributed by atoms with Gasteiger partial charge >= 0.3 is 15.4 Å². The number of rotatable bonds is 14. The normalized spacial score (nSPS) is 23.7. The summed E-state index contributed by atoms with van der Waals surface area (Å²) in [5, 5.41) is 0. The van der Waals surface area contributed by atoms with Crippen LogP contribution in [0.2, 0.25) is 0 Å². The second-order valence-corrected chi connectivity index (χ2v) is 12.1. The van der Waals surface area contributed by atoms with E-state index in [1.165, 1.54) is 11.1 Å². The molecule has 2 N–H and O–H groups in total. The van der Waals surface area contributed by atoms with Crippen molar-refractivity contribution in [2.24, 2.45) is 0 Å². The van der Waals surface area contributed by atoms with Crippen molar-refractivity contribution in [2.45, 2.75) is 84.8 Å². The first-order valence-electron chi connectivity index (χ1n) is 10.3. The van der Waals surface area contributed by atoms with Crippen LogP contribution in [-0.2, 0) is 22.7 Å². The number of allylic oxidation sites excluding steroid dienone is 5. The summed E-state index contributed by atoms with van der Waals surface area (Å²) in [5.74, 6) is 0. The predicted octanol–water partition coefficient (Wildman–Crippen LogP) is 6.29. The summed E-state index contributed by atoms with van der Waals surface area (Å²) < 4.78 is 37.0. The van der Waals surface area contributed by atoms with Gasteiger partial charge in [-0.15, -0.1) is 0 Å². The standard InChI is InChI=1S/C21H38O7P2/c1-17(9-7-11-18(2)13-14-20-21(4,5)27-20)10-8-12-19(3)15-16-26-30(24,25)28-29(6,22)23/h10-11,15,20H,7-9,12-14,16H2,1-6H3,(H,22,23)(H,24,25)/b17-10+,18-11+,19-15+. The molecule has 174 valence electrons. The Bertz CT molecular complexity index is 746. The largest absolute Gasteiger partial charge is 0.479 e. The summed E-state index contributed by atoms with van der Waals surface area (Å²) in [6.07, 6.45) is 12.5. The van der Waals surface area contributed by atoms with Crippen LogP contribution in [-0.4, -0.2) is 34.8 Å². The number of epoxide rings is 1. The van der Waals surface area contributed by atoms with Gasteiger partial charge in [0.25, 0.3) is 0 Å². The summed E-state index contributed by atoms with van der Waals surface area (Å²) in [4.78, 5) is 18.3. The van der Waals surface area contributed by atoms with E-state index in [0.717, 1.165) is 50.8 Å². The summed E-state index contributed by atoms with van der Waals surface area (Å²) in [7, 11) is -8.61. The van der Waals surface area contributed by atoms with Crippen LogP contribution in [0.15, 0.2) is 34.9 Å². The third-order valence-electron chi connectivity index (χ3n) is 4.95. The molecular weight excluding hydrogens is 426 g/mol. The van der Waals surface area contributed by atoms with Gasteiger partial charge in [0.1, 0.15) is 0 Å². The van der Waals surface area contributed by atoms with Crippen molar-refractivity contribution < 1.29 is 32.5 Å². The lowest BCUT2D eigenvalue weighted by molar-refractivity contribution is 0.213. The van der Waals surface area contributed by atoms with Crippen molar-refractivity contribution in [1.82, 2.24) is 0 Å². The van der Waals surface area contributed by atoms with E-state index < -0.39 is 15.4 Å². The van der Waals surface area contributed by atoms with E-state index in [4.69, 9.17) is 9.63 Å². The van der Waals surface area contributed by atoms with Crippen LogP contribution in [0.1, 0.15) is 73.1 Å². The highest BCUT2D eigenvalue weighted by molar-refractivity contribution is 7.63. The van der Waals surface area contributed by atoms with Crippen molar-refractivity contribution in [3.63, 3.8) is 0 Å². The summed E-state index contributed by atoms with van der Waals surface area (Å²) in [6.45, 7) is 11.2. The molecule has 9 heteroatoms. The van der Waals surface area contributed by atoms with Crippen molar-refractivity contribution in [3.8, 4) is 0 Å². The fraction of sp³-hybridized carbons (Fsp3) is 0.714. The smallest absolute Gasteiger partial charge is 0.367 e. The van der Waals surface area contributed by atoms with Gasteiger partial charge in [0.2, 0.25) is 0 Å². The van der Waals surface area contributed by atoms with Crippen LogP contribution in [0.4, 0.5) is 0 Å². The molecule has 30 heavy (non-hydrogen) atoms. The summed E-state index contributed by atoms with van der Waals surface area (Å²) >= 11 is 0. The molecule has 7 nitrogen and oxygen atoms in total. The van der Waals surface area contributed by atoms with E-state index in [-0.39, 0.29) is 12.2 Å². The van der Waals surface area contributed by atoms with Crippen LogP contribution in [0.25, 0.3) is 0 Å². The van der Waals surface area contributed by atoms with Gasteiger partial charge in [0.05, 0.1) is 18.3 Å². The molecule has 0 aromatic rings. The van der Waals surface area contributed by atoms with Gasteiger partial charge < -0.3 is 14.5 Å². The molecule has 1 rings (SSSR count). The molecule has 0 radical (unpaired) electrons. The van der Waals surface area contributed by atoms with Crippen molar-refractivity contribution in [2.75, 3.05) is 13.3 Å². The quantitative estimate of drug-likeness (QED) is 0.177. The Morgan fingerprint density at radius 2 is 1.43 bits per heavy atom. The molecule has 0 aromatic carbocycles. The van der Waals surface area contributed by atoms with E-state index in [1.807, 2.05) is 6.92 Å². The van der Waals surface area contributed by atoms with E-state index in [9.17, 15) is 14.0 Å². The minimum absolute atomic E-state index is 0.0722. The van der Waals surface area contributed by atoms with Gasteiger partial charge in [-0.3, -0.25) is 9.09 Å². The molecule has 1 heterocycles. The zero-order chi connectivity index (χ0) is 23.0. The van der Waals surface area contributed by atoms with E-state index in [0.29, 0.717) is 6.10 Å². The van der Waals surface area contributed by atoms with Gasteiger partial charge in [0, 0.05) is 6.66 Å². The molecule has 1 aliphatic heterocycles. The number of hydrogen-bond acceptors (Lipinski definition) is 5. The fourth-order valence-electron chi connectivity index (χ4n) is 2.99. The highest BCUT2D eigenvalue weighted by Gasteiger charge is 2.46. The molecule has 1 fully saturated rings. The van der Waals surface area contributed by atoms with Crippen molar-refractivity contribution in [3.05, 3.63) is 34.9 Å². The maximum absolute atomic E-state index is 11.5. The molecule has 0 aromatic heterocycles. The monoisotopic (exact) mass is 464 g/mol. The zero-order valence-electron chi connectivity index (χ0n) is 19.1. The van der Waals surface area contributed by atoms with Gasteiger partial charge in [0.15, 0.2) is 0 Å². The average Bonchev–Trinajstić information content (AvgIpc) is 3.17. The van der Waals surface area contributed by atoms with Crippen LogP contribution in [0.5, 0.6) is 0 Å². The van der Waals surface area contributed by atoms with Crippen LogP contribution in [0.3, 0.4) is 0 Å². The Balaban J connectivity index is 2.23. The van der Waals surface area contributed by atoms with Gasteiger partial charge in [-0.1, -0.05) is 34.9 Å². The number of hydrogen-bond donors (Lipinski definition) is 2. The highest BCUT2D eigenvalue weighted by atomic mass is 31.3. The van der Waals surface area contributed by atoms with E-state index >= 15 is 0 Å². The zero-order valence-corrected chi connectivity index (χ0v) is 20.9. The Kier molecular flexibility index (Phi) is 10.9. The third-order valence-corrected chi connectivity index (χ3v) is 7.46. The van der Waals surface area contributed by atoms with E-state index in [1.54, 1.807) is 6.08 Å². The SMILES string of the molecule is C/C(=C\CC/C(C)=C/COP(=O)(O)OP(C)(=O)O)CC/C=C(\C)CCC1OC1(C)C. The molecule has 0 aliphatic carbocycles. The molecule has 0 saturated carbocycles. The maximum atomic E-state index is 11.5. The highest BCUT2D eigenvalue weighted by Crippen LogP contribution is 2.57. The number of phosphoric ester groups is 1. The lowest BCUT2D eigenvalue weighted by Crippen LogP contribution is -2.02. The molecule has 1 aliphatic rings. The number of phosphoric acid groups is 1. The minimum atomic E-state index is -4.53. The molecule has 3 unspecified atom stereocenters. The molecule has 0 spiro atoms. The van der Waals surface area contributed by atoms with E-state index in [2.05, 4.69) is 48.7 Å². The first-order valence-corrected chi connectivity index (χ1v) is 13.9.